The van der Waals surface area contributed by atoms with E-state index in [9.17, 15) is 4.79 Å². The molecule has 1 saturated carbocycles. The minimum atomic E-state index is 0.0137. The highest BCUT2D eigenvalue weighted by Gasteiger charge is 2.23. The quantitative estimate of drug-likeness (QED) is 0.664. The molecule has 0 radical (unpaired) electrons. The smallest absolute Gasteiger partial charge is 0.251 e. The lowest BCUT2D eigenvalue weighted by Crippen LogP contribution is -2.40. The molecule has 1 amide bonds. The van der Waals surface area contributed by atoms with Crippen molar-refractivity contribution in [1.29, 1.82) is 0 Å². The SMILES string of the molecule is CN(C)c1ccnc(NC2CCC(NC(=O)c3ccc(I)cc3)CC2)n1. The molecule has 1 aromatic carbocycles. The summed E-state index contributed by atoms with van der Waals surface area (Å²) in [5, 5.41) is 6.58. The fraction of sp³-hybridized carbons (Fsp3) is 0.421. The van der Waals surface area contributed by atoms with Gasteiger partial charge in [-0.2, -0.15) is 4.98 Å². The van der Waals surface area contributed by atoms with Gasteiger partial charge in [0.05, 0.1) is 0 Å². The zero-order valence-corrected chi connectivity index (χ0v) is 17.2. The molecule has 0 bridgehead atoms. The molecule has 6 nitrogen and oxygen atoms in total. The number of hydrogen-bond donors (Lipinski definition) is 2. The zero-order chi connectivity index (χ0) is 18.5. The largest absolute Gasteiger partial charge is 0.363 e. The van der Waals surface area contributed by atoms with Crippen molar-refractivity contribution >= 4 is 40.3 Å². The number of nitrogens with one attached hydrogen (secondary N) is 2. The number of nitrogens with zero attached hydrogens (tertiary/aromatic N) is 3. The van der Waals surface area contributed by atoms with Crippen molar-refractivity contribution in [3.8, 4) is 0 Å². The molecule has 1 aromatic heterocycles. The number of amides is 1. The molecule has 1 aliphatic carbocycles. The maximum absolute atomic E-state index is 12.3. The van der Waals surface area contributed by atoms with Crippen LogP contribution in [0.15, 0.2) is 36.5 Å². The van der Waals surface area contributed by atoms with Crippen LogP contribution in [0.25, 0.3) is 0 Å². The van der Waals surface area contributed by atoms with E-state index in [-0.39, 0.29) is 11.9 Å². The highest BCUT2D eigenvalue weighted by Crippen LogP contribution is 2.22. The van der Waals surface area contributed by atoms with Crippen LogP contribution in [0.1, 0.15) is 36.0 Å². The Balaban J connectivity index is 1.49. The van der Waals surface area contributed by atoms with Gasteiger partial charge in [0.25, 0.3) is 5.91 Å². The summed E-state index contributed by atoms with van der Waals surface area (Å²) in [5.41, 5.74) is 0.722. The minimum absolute atomic E-state index is 0.0137. The van der Waals surface area contributed by atoms with Crippen molar-refractivity contribution < 1.29 is 4.79 Å². The third-order valence-corrected chi connectivity index (χ3v) is 5.32. The van der Waals surface area contributed by atoms with Crippen molar-refractivity contribution in [3.63, 3.8) is 0 Å². The first-order valence-corrected chi connectivity index (χ1v) is 9.92. The number of halogens is 1. The van der Waals surface area contributed by atoms with E-state index in [2.05, 4.69) is 43.2 Å². The maximum Gasteiger partial charge on any atom is 0.251 e. The second kappa shape index (κ2) is 8.66. The Bertz CT molecular complexity index is 742. The average molecular weight is 465 g/mol. The fourth-order valence-corrected chi connectivity index (χ4v) is 3.46. The van der Waals surface area contributed by atoms with Crippen molar-refractivity contribution in [1.82, 2.24) is 15.3 Å². The van der Waals surface area contributed by atoms with E-state index in [1.165, 1.54) is 0 Å². The molecular formula is C19H24IN5O. The first-order valence-electron chi connectivity index (χ1n) is 8.84. The molecule has 0 unspecified atom stereocenters. The van der Waals surface area contributed by atoms with Crippen molar-refractivity contribution in [2.24, 2.45) is 0 Å². The van der Waals surface area contributed by atoms with Gasteiger partial charge in [-0.3, -0.25) is 4.79 Å². The molecule has 0 atom stereocenters. The molecule has 26 heavy (non-hydrogen) atoms. The number of carbonyl (C=O) groups is 1. The third-order valence-electron chi connectivity index (χ3n) is 4.60. The average Bonchev–Trinajstić information content (AvgIpc) is 2.64. The van der Waals surface area contributed by atoms with E-state index in [1.54, 1.807) is 6.20 Å². The second-order valence-corrected chi connectivity index (χ2v) is 8.05. The van der Waals surface area contributed by atoms with Crippen LogP contribution in [0.2, 0.25) is 0 Å². The summed E-state index contributed by atoms with van der Waals surface area (Å²) >= 11 is 2.24. The molecule has 138 valence electrons. The lowest BCUT2D eigenvalue weighted by atomic mass is 9.91. The van der Waals surface area contributed by atoms with Gasteiger partial charge in [-0.05, 0) is 78.6 Å². The number of hydrogen-bond acceptors (Lipinski definition) is 5. The van der Waals surface area contributed by atoms with Gasteiger partial charge in [-0.25, -0.2) is 4.98 Å². The molecule has 1 heterocycles. The van der Waals surface area contributed by atoms with Crippen LogP contribution >= 0.6 is 22.6 Å². The Hall–Kier alpha value is -1.90. The molecule has 1 fully saturated rings. The zero-order valence-electron chi connectivity index (χ0n) is 15.1. The second-order valence-electron chi connectivity index (χ2n) is 6.81. The highest BCUT2D eigenvalue weighted by atomic mass is 127. The summed E-state index contributed by atoms with van der Waals surface area (Å²) in [6.45, 7) is 0. The lowest BCUT2D eigenvalue weighted by Gasteiger charge is -2.29. The number of aromatic nitrogens is 2. The Morgan fingerprint density at radius 2 is 1.73 bits per heavy atom. The highest BCUT2D eigenvalue weighted by molar-refractivity contribution is 14.1. The number of anilines is 2. The van der Waals surface area contributed by atoms with Gasteiger partial charge in [0.2, 0.25) is 5.95 Å². The fourth-order valence-electron chi connectivity index (χ4n) is 3.10. The standard InChI is InChI=1S/C19H24IN5O/c1-25(2)17-11-12-21-19(24-17)23-16-9-7-15(8-10-16)22-18(26)13-3-5-14(20)6-4-13/h3-6,11-12,15-16H,7-10H2,1-2H3,(H,22,26)(H,21,23,24). The van der Waals surface area contributed by atoms with Gasteiger partial charge in [0.1, 0.15) is 5.82 Å². The molecule has 2 aromatic rings. The molecule has 0 saturated heterocycles. The van der Waals surface area contributed by atoms with E-state index in [4.69, 9.17) is 0 Å². The minimum Gasteiger partial charge on any atom is -0.363 e. The molecule has 2 N–H and O–H groups in total. The number of rotatable bonds is 5. The molecule has 1 aliphatic rings. The van der Waals surface area contributed by atoms with E-state index in [0.717, 1.165) is 40.6 Å². The third kappa shape index (κ3) is 5.06. The van der Waals surface area contributed by atoms with Gasteiger partial charge in [0.15, 0.2) is 0 Å². The van der Waals surface area contributed by atoms with Crippen LogP contribution in [-0.2, 0) is 0 Å². The Labute approximate surface area is 167 Å². The summed E-state index contributed by atoms with van der Waals surface area (Å²) in [4.78, 5) is 23.1. The van der Waals surface area contributed by atoms with E-state index in [0.29, 0.717) is 12.0 Å². The predicted octanol–water partition coefficient (Wildman–Crippen LogP) is 3.30. The van der Waals surface area contributed by atoms with E-state index >= 15 is 0 Å². The van der Waals surface area contributed by atoms with Crippen LogP contribution in [0, 0.1) is 3.57 Å². The Morgan fingerprint density at radius 3 is 2.38 bits per heavy atom. The van der Waals surface area contributed by atoms with Crippen LogP contribution in [0.3, 0.4) is 0 Å². The Kier molecular flexibility index (Phi) is 6.29. The lowest BCUT2D eigenvalue weighted by molar-refractivity contribution is 0.0926. The normalized spacial score (nSPS) is 19.7. The molecular weight excluding hydrogens is 441 g/mol. The van der Waals surface area contributed by atoms with E-state index in [1.807, 2.05) is 49.3 Å². The summed E-state index contributed by atoms with van der Waals surface area (Å²) in [6.07, 6.45) is 5.68. The van der Waals surface area contributed by atoms with Gasteiger partial charge >= 0.3 is 0 Å². The summed E-state index contributed by atoms with van der Waals surface area (Å²) < 4.78 is 1.13. The number of carbonyl (C=O) groups excluding carboxylic acids is 1. The van der Waals surface area contributed by atoms with Gasteiger partial charge in [0, 0.05) is 41.5 Å². The summed E-state index contributed by atoms with van der Waals surface area (Å²) in [5.74, 6) is 1.57. The van der Waals surface area contributed by atoms with E-state index < -0.39 is 0 Å². The van der Waals surface area contributed by atoms with Crippen molar-refractivity contribution in [3.05, 3.63) is 45.7 Å². The summed E-state index contributed by atoms with van der Waals surface area (Å²) in [6, 6.07) is 10.1. The molecule has 7 heteroatoms. The predicted molar refractivity (Wildman–Crippen MR) is 113 cm³/mol. The maximum atomic E-state index is 12.3. The molecule has 3 rings (SSSR count). The van der Waals surface area contributed by atoms with Gasteiger partial charge < -0.3 is 15.5 Å². The van der Waals surface area contributed by atoms with Gasteiger partial charge in [-0.15, -0.1) is 0 Å². The summed E-state index contributed by atoms with van der Waals surface area (Å²) in [7, 11) is 3.93. The van der Waals surface area contributed by atoms with Crippen molar-refractivity contribution in [2.75, 3.05) is 24.3 Å². The topological polar surface area (TPSA) is 70.2 Å². The monoisotopic (exact) mass is 465 g/mol. The molecule has 0 aliphatic heterocycles. The molecule has 0 spiro atoms. The van der Waals surface area contributed by atoms with Crippen LogP contribution < -0.4 is 15.5 Å². The Morgan fingerprint density at radius 1 is 1.08 bits per heavy atom. The number of benzene rings is 1. The first-order chi connectivity index (χ1) is 12.5. The van der Waals surface area contributed by atoms with Crippen LogP contribution in [0.5, 0.6) is 0 Å². The first kappa shape index (κ1) is 18.9. The van der Waals surface area contributed by atoms with Crippen molar-refractivity contribution in [2.45, 2.75) is 37.8 Å². The van der Waals surface area contributed by atoms with Crippen LogP contribution in [0.4, 0.5) is 11.8 Å². The van der Waals surface area contributed by atoms with Crippen LogP contribution in [-0.4, -0.2) is 42.1 Å². The van der Waals surface area contributed by atoms with Gasteiger partial charge in [-0.1, -0.05) is 0 Å².